The third-order valence-corrected chi connectivity index (χ3v) is 2.80. The molecule has 1 unspecified atom stereocenters. The minimum absolute atomic E-state index is 0.741. The summed E-state index contributed by atoms with van der Waals surface area (Å²) in [5.41, 5.74) is 0. The Hall–Kier alpha value is 0.440. The molecule has 0 aliphatic heterocycles. The van der Waals surface area contributed by atoms with Gasteiger partial charge in [0.05, 0.1) is 0 Å². The van der Waals surface area contributed by atoms with Crippen LogP contribution < -0.4 is 0 Å². The van der Waals surface area contributed by atoms with Gasteiger partial charge in [-0.25, -0.2) is 0 Å². The summed E-state index contributed by atoms with van der Waals surface area (Å²) in [6.45, 7) is 5.76. The predicted molar refractivity (Wildman–Crippen MR) is 55.4 cm³/mol. The summed E-state index contributed by atoms with van der Waals surface area (Å²) in [5, 5.41) is 1.14. The number of alkyl halides is 1. The van der Waals surface area contributed by atoms with Gasteiger partial charge in [0.25, 0.3) is 0 Å². The largest absolute Gasteiger partial charge is 0.304 e. The summed E-state index contributed by atoms with van der Waals surface area (Å²) in [6, 6.07) is 0.741. The molecule has 0 aromatic carbocycles. The van der Waals surface area contributed by atoms with E-state index in [4.69, 9.17) is 0 Å². The van der Waals surface area contributed by atoms with Crippen LogP contribution in [0.2, 0.25) is 0 Å². The highest BCUT2D eigenvalue weighted by Gasteiger charge is 2.04. The average molecular weight is 222 g/mol. The van der Waals surface area contributed by atoms with E-state index in [0.717, 1.165) is 11.4 Å². The molecule has 11 heavy (non-hydrogen) atoms. The lowest BCUT2D eigenvalue weighted by Crippen LogP contribution is -2.29. The lowest BCUT2D eigenvalue weighted by atomic mass is 10.2. The molecule has 0 saturated carbocycles. The van der Waals surface area contributed by atoms with E-state index in [1.807, 2.05) is 0 Å². The highest BCUT2D eigenvalue weighted by atomic mass is 79.9. The molecule has 0 radical (unpaired) electrons. The van der Waals surface area contributed by atoms with E-state index in [1.165, 1.54) is 25.8 Å². The van der Waals surface area contributed by atoms with Gasteiger partial charge in [-0.05, 0) is 39.8 Å². The van der Waals surface area contributed by atoms with E-state index in [0.29, 0.717) is 0 Å². The standard InChI is InChI=1S/C9H20BrN/c1-4-9(2)11(3)8-6-5-7-10/h9H,4-8H2,1-3H3. The number of nitrogens with zero attached hydrogens (tertiary/aromatic N) is 1. The van der Waals surface area contributed by atoms with E-state index >= 15 is 0 Å². The zero-order valence-corrected chi connectivity index (χ0v) is 9.52. The second-order valence-corrected chi connectivity index (χ2v) is 3.93. The number of unbranched alkanes of at least 4 members (excludes halogenated alkanes) is 1. The summed E-state index contributed by atoms with van der Waals surface area (Å²) in [7, 11) is 2.21. The van der Waals surface area contributed by atoms with Crippen molar-refractivity contribution in [1.29, 1.82) is 0 Å². The first-order valence-electron chi connectivity index (χ1n) is 4.48. The smallest absolute Gasteiger partial charge is 0.00612 e. The van der Waals surface area contributed by atoms with E-state index in [2.05, 4.69) is 41.7 Å². The van der Waals surface area contributed by atoms with Crippen LogP contribution >= 0.6 is 15.9 Å². The number of hydrogen-bond donors (Lipinski definition) is 0. The van der Waals surface area contributed by atoms with Crippen molar-refractivity contribution in [3.8, 4) is 0 Å². The molecule has 0 aliphatic rings. The summed E-state index contributed by atoms with van der Waals surface area (Å²) in [6.07, 6.45) is 3.86. The van der Waals surface area contributed by atoms with Crippen LogP contribution in [0.4, 0.5) is 0 Å². The van der Waals surface area contributed by atoms with Crippen LogP contribution in [0.5, 0.6) is 0 Å². The molecule has 0 aromatic rings. The summed E-state index contributed by atoms with van der Waals surface area (Å²) in [4.78, 5) is 2.43. The van der Waals surface area contributed by atoms with Crippen LogP contribution in [0.3, 0.4) is 0 Å². The van der Waals surface area contributed by atoms with Crippen LogP contribution in [-0.4, -0.2) is 29.9 Å². The van der Waals surface area contributed by atoms with Crippen molar-refractivity contribution in [2.75, 3.05) is 18.9 Å². The van der Waals surface area contributed by atoms with Crippen molar-refractivity contribution in [2.45, 2.75) is 39.2 Å². The van der Waals surface area contributed by atoms with Gasteiger partial charge in [-0.1, -0.05) is 22.9 Å². The Balaban J connectivity index is 3.28. The van der Waals surface area contributed by atoms with Gasteiger partial charge >= 0.3 is 0 Å². The highest BCUT2D eigenvalue weighted by molar-refractivity contribution is 9.09. The Labute approximate surface area is 79.3 Å². The maximum Gasteiger partial charge on any atom is 0.00612 e. The molecule has 0 bridgehead atoms. The Kier molecular flexibility index (Phi) is 7.39. The first-order chi connectivity index (χ1) is 5.22. The zero-order chi connectivity index (χ0) is 8.69. The summed E-state index contributed by atoms with van der Waals surface area (Å²) >= 11 is 3.44. The lowest BCUT2D eigenvalue weighted by molar-refractivity contribution is 0.249. The van der Waals surface area contributed by atoms with Gasteiger partial charge < -0.3 is 4.90 Å². The summed E-state index contributed by atoms with van der Waals surface area (Å²) in [5.74, 6) is 0. The van der Waals surface area contributed by atoms with E-state index in [1.54, 1.807) is 0 Å². The molecule has 1 nitrogen and oxygen atoms in total. The van der Waals surface area contributed by atoms with Crippen LogP contribution in [0, 0.1) is 0 Å². The first kappa shape index (κ1) is 11.4. The minimum atomic E-state index is 0.741. The Morgan fingerprint density at radius 2 is 2.00 bits per heavy atom. The van der Waals surface area contributed by atoms with Crippen molar-refractivity contribution in [3.05, 3.63) is 0 Å². The van der Waals surface area contributed by atoms with Gasteiger partial charge in [-0.3, -0.25) is 0 Å². The van der Waals surface area contributed by atoms with E-state index in [-0.39, 0.29) is 0 Å². The molecular formula is C9H20BrN. The van der Waals surface area contributed by atoms with Gasteiger partial charge in [0.15, 0.2) is 0 Å². The van der Waals surface area contributed by atoms with E-state index < -0.39 is 0 Å². The number of rotatable bonds is 6. The van der Waals surface area contributed by atoms with Crippen molar-refractivity contribution in [3.63, 3.8) is 0 Å². The second-order valence-electron chi connectivity index (χ2n) is 3.13. The Morgan fingerprint density at radius 1 is 1.36 bits per heavy atom. The van der Waals surface area contributed by atoms with Crippen LogP contribution in [0.1, 0.15) is 33.1 Å². The molecule has 0 aromatic heterocycles. The second kappa shape index (κ2) is 7.11. The number of halogens is 1. The SMILES string of the molecule is CCC(C)N(C)CCCCBr. The molecule has 0 rings (SSSR count). The Bertz CT molecular complexity index is 85.6. The molecule has 2 heteroatoms. The predicted octanol–water partition coefficient (Wildman–Crippen LogP) is 2.89. The minimum Gasteiger partial charge on any atom is -0.304 e. The molecule has 0 spiro atoms. The fourth-order valence-electron chi connectivity index (χ4n) is 0.988. The molecule has 0 fully saturated rings. The third kappa shape index (κ3) is 5.68. The monoisotopic (exact) mass is 221 g/mol. The lowest BCUT2D eigenvalue weighted by Gasteiger charge is -2.22. The van der Waals surface area contributed by atoms with Gasteiger partial charge in [0.1, 0.15) is 0 Å². The van der Waals surface area contributed by atoms with Crippen molar-refractivity contribution in [2.24, 2.45) is 0 Å². The normalized spacial score (nSPS) is 13.9. The number of hydrogen-bond acceptors (Lipinski definition) is 1. The molecule has 1 atom stereocenters. The van der Waals surface area contributed by atoms with Gasteiger partial charge in [0.2, 0.25) is 0 Å². The zero-order valence-electron chi connectivity index (χ0n) is 7.94. The van der Waals surface area contributed by atoms with Crippen LogP contribution in [0.25, 0.3) is 0 Å². The highest BCUT2D eigenvalue weighted by Crippen LogP contribution is 2.02. The van der Waals surface area contributed by atoms with Crippen molar-refractivity contribution < 1.29 is 0 Å². The topological polar surface area (TPSA) is 3.24 Å². The average Bonchev–Trinajstić information content (AvgIpc) is 2.03. The molecule has 0 aliphatic carbocycles. The van der Waals surface area contributed by atoms with E-state index in [9.17, 15) is 0 Å². The van der Waals surface area contributed by atoms with Gasteiger partial charge in [-0.15, -0.1) is 0 Å². The fourth-order valence-corrected chi connectivity index (χ4v) is 1.38. The van der Waals surface area contributed by atoms with Gasteiger partial charge in [-0.2, -0.15) is 0 Å². The molecule has 68 valence electrons. The summed E-state index contributed by atoms with van der Waals surface area (Å²) < 4.78 is 0. The molecule has 0 N–H and O–H groups in total. The Morgan fingerprint density at radius 3 is 2.45 bits per heavy atom. The molecule has 0 saturated heterocycles. The van der Waals surface area contributed by atoms with Gasteiger partial charge in [0, 0.05) is 11.4 Å². The third-order valence-electron chi connectivity index (χ3n) is 2.24. The maximum absolute atomic E-state index is 3.44. The molecule has 0 amide bonds. The fraction of sp³-hybridized carbons (Fsp3) is 1.00. The van der Waals surface area contributed by atoms with Crippen molar-refractivity contribution >= 4 is 15.9 Å². The molecular weight excluding hydrogens is 202 g/mol. The van der Waals surface area contributed by atoms with Crippen LogP contribution in [-0.2, 0) is 0 Å². The quantitative estimate of drug-likeness (QED) is 0.493. The van der Waals surface area contributed by atoms with Crippen LogP contribution in [0.15, 0.2) is 0 Å². The maximum atomic E-state index is 3.44. The molecule has 0 heterocycles. The first-order valence-corrected chi connectivity index (χ1v) is 5.60. The van der Waals surface area contributed by atoms with Crippen molar-refractivity contribution in [1.82, 2.24) is 4.90 Å².